The second-order valence-electron chi connectivity index (χ2n) is 7.05. The van der Waals surface area contributed by atoms with E-state index >= 15 is 0 Å². The van der Waals surface area contributed by atoms with E-state index in [1.807, 2.05) is 33.8 Å². The SMILES string of the molecule is Cc1cccc(N2CCC[C@@H](CNC(=O)C(C)(C)C)C2)n1. The molecule has 0 bridgehead atoms. The fourth-order valence-electron chi connectivity index (χ4n) is 2.65. The molecule has 4 nitrogen and oxygen atoms in total. The zero-order chi connectivity index (χ0) is 15.5. The van der Waals surface area contributed by atoms with Gasteiger partial charge >= 0.3 is 0 Å². The summed E-state index contributed by atoms with van der Waals surface area (Å²) in [6, 6.07) is 6.15. The Morgan fingerprint density at radius 3 is 2.86 bits per heavy atom. The molecule has 0 saturated carbocycles. The van der Waals surface area contributed by atoms with Crippen molar-refractivity contribution in [2.24, 2.45) is 11.3 Å². The van der Waals surface area contributed by atoms with Crippen molar-refractivity contribution in [2.45, 2.75) is 40.5 Å². The highest BCUT2D eigenvalue weighted by Gasteiger charge is 2.24. The number of hydrogen-bond acceptors (Lipinski definition) is 3. The summed E-state index contributed by atoms with van der Waals surface area (Å²) in [7, 11) is 0. The van der Waals surface area contributed by atoms with Crippen molar-refractivity contribution in [3.8, 4) is 0 Å². The van der Waals surface area contributed by atoms with E-state index in [0.29, 0.717) is 5.92 Å². The summed E-state index contributed by atoms with van der Waals surface area (Å²) in [5.41, 5.74) is 0.738. The molecule has 1 saturated heterocycles. The van der Waals surface area contributed by atoms with E-state index in [-0.39, 0.29) is 11.3 Å². The van der Waals surface area contributed by atoms with Gasteiger partial charge in [0, 0.05) is 30.7 Å². The zero-order valence-corrected chi connectivity index (χ0v) is 13.6. The summed E-state index contributed by atoms with van der Waals surface area (Å²) in [6.45, 7) is 10.7. The van der Waals surface area contributed by atoms with Gasteiger partial charge in [0.2, 0.25) is 5.91 Å². The first-order valence-electron chi connectivity index (χ1n) is 7.83. The van der Waals surface area contributed by atoms with Gasteiger partial charge in [-0.05, 0) is 37.8 Å². The summed E-state index contributed by atoms with van der Waals surface area (Å²) in [4.78, 5) is 18.9. The van der Waals surface area contributed by atoms with Crippen molar-refractivity contribution in [1.29, 1.82) is 0 Å². The number of pyridine rings is 1. The lowest BCUT2D eigenvalue weighted by molar-refractivity contribution is -0.128. The third-order valence-corrected chi connectivity index (χ3v) is 3.95. The molecule has 0 unspecified atom stereocenters. The maximum atomic E-state index is 12.0. The van der Waals surface area contributed by atoms with Gasteiger partial charge in [-0.15, -0.1) is 0 Å². The third kappa shape index (κ3) is 4.45. The minimum atomic E-state index is -0.313. The van der Waals surface area contributed by atoms with Crippen molar-refractivity contribution in [3.05, 3.63) is 23.9 Å². The lowest BCUT2D eigenvalue weighted by Gasteiger charge is -2.34. The van der Waals surface area contributed by atoms with E-state index < -0.39 is 0 Å². The minimum Gasteiger partial charge on any atom is -0.356 e. The van der Waals surface area contributed by atoms with Gasteiger partial charge in [0.1, 0.15) is 5.82 Å². The molecule has 1 aliphatic heterocycles. The highest BCUT2D eigenvalue weighted by Crippen LogP contribution is 2.22. The van der Waals surface area contributed by atoms with Gasteiger partial charge in [-0.3, -0.25) is 4.79 Å². The molecule has 1 aliphatic rings. The Bertz CT molecular complexity index is 493. The van der Waals surface area contributed by atoms with Crippen LogP contribution in [0.15, 0.2) is 18.2 Å². The highest BCUT2D eigenvalue weighted by atomic mass is 16.2. The smallest absolute Gasteiger partial charge is 0.225 e. The summed E-state index contributed by atoms with van der Waals surface area (Å²) in [5.74, 6) is 1.70. The van der Waals surface area contributed by atoms with Gasteiger partial charge in [0.25, 0.3) is 0 Å². The number of nitrogens with zero attached hydrogens (tertiary/aromatic N) is 2. The summed E-state index contributed by atoms with van der Waals surface area (Å²) in [5, 5.41) is 3.09. The number of aryl methyl sites for hydroxylation is 1. The molecule has 4 heteroatoms. The van der Waals surface area contributed by atoms with Gasteiger partial charge in [-0.2, -0.15) is 0 Å². The van der Waals surface area contributed by atoms with Crippen LogP contribution in [0.5, 0.6) is 0 Å². The molecule has 1 aromatic rings. The van der Waals surface area contributed by atoms with Crippen LogP contribution in [0, 0.1) is 18.3 Å². The summed E-state index contributed by atoms with van der Waals surface area (Å²) < 4.78 is 0. The molecular formula is C17H27N3O. The molecule has 1 fully saturated rings. The fraction of sp³-hybridized carbons (Fsp3) is 0.647. The minimum absolute atomic E-state index is 0.133. The zero-order valence-electron chi connectivity index (χ0n) is 13.6. The highest BCUT2D eigenvalue weighted by molar-refractivity contribution is 5.81. The monoisotopic (exact) mass is 289 g/mol. The van der Waals surface area contributed by atoms with Crippen LogP contribution in [-0.2, 0) is 4.79 Å². The van der Waals surface area contributed by atoms with Crippen LogP contribution in [0.3, 0.4) is 0 Å². The molecule has 0 aromatic carbocycles. The van der Waals surface area contributed by atoms with E-state index in [1.165, 1.54) is 6.42 Å². The van der Waals surface area contributed by atoms with Crippen LogP contribution in [-0.4, -0.2) is 30.5 Å². The van der Waals surface area contributed by atoms with Crippen LogP contribution in [0.4, 0.5) is 5.82 Å². The number of hydrogen-bond donors (Lipinski definition) is 1. The van der Waals surface area contributed by atoms with Crippen molar-refractivity contribution < 1.29 is 4.79 Å². The van der Waals surface area contributed by atoms with Gasteiger partial charge < -0.3 is 10.2 Å². The predicted molar refractivity (Wildman–Crippen MR) is 86.4 cm³/mol. The van der Waals surface area contributed by atoms with E-state index in [0.717, 1.165) is 37.6 Å². The molecule has 2 rings (SSSR count). The molecule has 0 spiro atoms. The average molecular weight is 289 g/mol. The van der Waals surface area contributed by atoms with Crippen LogP contribution in [0.2, 0.25) is 0 Å². The predicted octanol–water partition coefficient (Wildman–Crippen LogP) is 2.77. The molecule has 116 valence electrons. The molecule has 1 atom stereocenters. The number of carbonyl (C=O) groups excluding carboxylic acids is 1. The molecule has 1 aromatic heterocycles. The second-order valence-corrected chi connectivity index (χ2v) is 7.05. The second kappa shape index (κ2) is 6.46. The van der Waals surface area contributed by atoms with Crippen LogP contribution >= 0.6 is 0 Å². The maximum Gasteiger partial charge on any atom is 0.225 e. The first-order chi connectivity index (χ1) is 9.86. The van der Waals surface area contributed by atoms with Crippen molar-refractivity contribution in [2.75, 3.05) is 24.5 Å². The summed E-state index contributed by atoms with van der Waals surface area (Å²) in [6.07, 6.45) is 2.33. The fourth-order valence-corrected chi connectivity index (χ4v) is 2.65. The van der Waals surface area contributed by atoms with Crippen LogP contribution in [0.25, 0.3) is 0 Å². The number of nitrogens with one attached hydrogen (secondary N) is 1. The molecular weight excluding hydrogens is 262 g/mol. The lowest BCUT2D eigenvalue weighted by Crippen LogP contribution is -2.43. The molecule has 1 N–H and O–H groups in total. The van der Waals surface area contributed by atoms with E-state index in [4.69, 9.17) is 0 Å². The Morgan fingerprint density at radius 2 is 2.19 bits per heavy atom. The normalized spacial score (nSPS) is 19.4. The Morgan fingerprint density at radius 1 is 1.43 bits per heavy atom. The van der Waals surface area contributed by atoms with Gasteiger partial charge in [0.15, 0.2) is 0 Å². The largest absolute Gasteiger partial charge is 0.356 e. The van der Waals surface area contributed by atoms with E-state index in [2.05, 4.69) is 27.3 Å². The third-order valence-electron chi connectivity index (χ3n) is 3.95. The van der Waals surface area contributed by atoms with E-state index in [9.17, 15) is 4.79 Å². The van der Waals surface area contributed by atoms with Gasteiger partial charge in [-0.1, -0.05) is 26.8 Å². The van der Waals surface area contributed by atoms with Crippen molar-refractivity contribution in [3.63, 3.8) is 0 Å². The number of rotatable bonds is 3. The number of aromatic nitrogens is 1. The maximum absolute atomic E-state index is 12.0. The number of anilines is 1. The number of carbonyl (C=O) groups is 1. The number of amides is 1. The van der Waals surface area contributed by atoms with Crippen LogP contribution < -0.4 is 10.2 Å². The summed E-state index contributed by atoms with van der Waals surface area (Å²) >= 11 is 0. The molecule has 0 aliphatic carbocycles. The van der Waals surface area contributed by atoms with Crippen molar-refractivity contribution in [1.82, 2.24) is 10.3 Å². The quantitative estimate of drug-likeness (QED) is 0.930. The standard InChI is InChI=1S/C17H27N3O/c1-13-7-5-9-15(19-13)20-10-6-8-14(12-20)11-18-16(21)17(2,3)4/h5,7,9,14H,6,8,10-12H2,1-4H3,(H,18,21)/t14-/m0/s1. The molecule has 2 heterocycles. The Kier molecular flexibility index (Phi) is 4.86. The van der Waals surface area contributed by atoms with Crippen molar-refractivity contribution >= 4 is 11.7 Å². The Hall–Kier alpha value is -1.58. The van der Waals surface area contributed by atoms with Gasteiger partial charge in [0.05, 0.1) is 0 Å². The first-order valence-corrected chi connectivity index (χ1v) is 7.83. The molecule has 21 heavy (non-hydrogen) atoms. The lowest BCUT2D eigenvalue weighted by atomic mass is 9.94. The topological polar surface area (TPSA) is 45.2 Å². The first kappa shape index (κ1) is 15.8. The molecule has 0 radical (unpaired) electrons. The number of piperidine rings is 1. The average Bonchev–Trinajstić information content (AvgIpc) is 2.44. The Balaban J connectivity index is 1.91. The van der Waals surface area contributed by atoms with Gasteiger partial charge in [-0.25, -0.2) is 4.98 Å². The van der Waals surface area contributed by atoms with E-state index in [1.54, 1.807) is 0 Å². The van der Waals surface area contributed by atoms with Crippen LogP contribution in [0.1, 0.15) is 39.3 Å². The Labute approximate surface area is 127 Å². The molecule has 1 amide bonds.